The van der Waals surface area contributed by atoms with Gasteiger partial charge in [0.1, 0.15) is 0 Å². The van der Waals surface area contributed by atoms with E-state index < -0.39 is 21.1 Å². The molecule has 0 bridgehead atoms. The summed E-state index contributed by atoms with van der Waals surface area (Å²) in [5, 5.41) is 7.72. The van der Waals surface area contributed by atoms with Crippen molar-refractivity contribution >= 4 is 15.8 Å². The molecule has 0 aromatic carbocycles. The van der Waals surface area contributed by atoms with E-state index >= 15 is 0 Å². The lowest BCUT2D eigenvalue weighted by molar-refractivity contribution is -0.136. The van der Waals surface area contributed by atoms with Gasteiger partial charge in [-0.1, -0.05) is 0 Å². The van der Waals surface area contributed by atoms with Crippen LogP contribution in [0.25, 0.3) is 0 Å². The highest BCUT2D eigenvalue weighted by atomic mass is 32.2. The van der Waals surface area contributed by atoms with E-state index in [9.17, 15) is 13.2 Å². The van der Waals surface area contributed by atoms with Crippen LogP contribution in [0, 0.1) is 0 Å². The van der Waals surface area contributed by atoms with Gasteiger partial charge in [-0.2, -0.15) is 0 Å². The number of aliphatic carboxylic acids is 1. The van der Waals surface area contributed by atoms with Gasteiger partial charge >= 0.3 is 5.97 Å². The minimum absolute atomic E-state index is 0.0541. The lowest BCUT2D eigenvalue weighted by Crippen LogP contribution is -2.33. The van der Waals surface area contributed by atoms with Gasteiger partial charge in [0.2, 0.25) is 0 Å². The molecule has 0 spiro atoms. The molecule has 0 saturated carbocycles. The van der Waals surface area contributed by atoms with Gasteiger partial charge in [0, 0.05) is 6.61 Å². The van der Waals surface area contributed by atoms with E-state index in [1.165, 1.54) is 6.92 Å². The maximum Gasteiger partial charge on any atom is 0.304 e. The normalized spacial score (nSPS) is 23.9. The maximum absolute atomic E-state index is 11.8. The number of hydrogen-bond donors (Lipinski definition) is 1. The molecule has 6 heteroatoms. The minimum atomic E-state index is -3.36. The molecule has 1 fully saturated rings. The van der Waals surface area contributed by atoms with Gasteiger partial charge in [-0.05, 0) is 26.2 Å². The van der Waals surface area contributed by atoms with E-state index in [0.717, 1.165) is 19.3 Å². The van der Waals surface area contributed by atoms with Gasteiger partial charge < -0.3 is 9.84 Å². The fraction of sp³-hybridized carbons (Fsp3) is 0.900. The van der Waals surface area contributed by atoms with E-state index in [-0.39, 0.29) is 18.3 Å². The Kier molecular flexibility index (Phi) is 4.73. The summed E-state index contributed by atoms with van der Waals surface area (Å²) in [5.41, 5.74) is 0. The number of rotatable bonds is 5. The Morgan fingerprint density at radius 1 is 1.50 bits per heavy atom. The second-order valence-electron chi connectivity index (χ2n) is 4.23. The highest BCUT2D eigenvalue weighted by Gasteiger charge is 2.28. The maximum atomic E-state index is 11.8. The molecule has 0 aliphatic carbocycles. The van der Waals surface area contributed by atoms with E-state index in [0.29, 0.717) is 6.61 Å². The van der Waals surface area contributed by atoms with Gasteiger partial charge in [0.25, 0.3) is 0 Å². The zero-order chi connectivity index (χ0) is 12.2. The third-order valence-corrected chi connectivity index (χ3v) is 5.00. The molecule has 94 valence electrons. The summed E-state index contributed by atoms with van der Waals surface area (Å²) in [7, 11) is -3.36. The first-order valence-corrected chi connectivity index (χ1v) is 7.18. The topological polar surface area (TPSA) is 80.7 Å². The van der Waals surface area contributed by atoms with Crippen molar-refractivity contribution in [2.75, 3.05) is 12.4 Å². The van der Waals surface area contributed by atoms with Gasteiger partial charge in [-0.15, -0.1) is 0 Å². The molecule has 1 N–H and O–H groups in total. The second-order valence-corrected chi connectivity index (χ2v) is 6.69. The summed E-state index contributed by atoms with van der Waals surface area (Å²) in [6.07, 6.45) is 2.11. The number of hydrogen-bond acceptors (Lipinski definition) is 4. The van der Waals surface area contributed by atoms with Crippen LogP contribution in [-0.2, 0) is 19.4 Å². The monoisotopic (exact) mass is 250 g/mol. The lowest BCUT2D eigenvalue weighted by atomic mass is 10.1. The zero-order valence-electron chi connectivity index (χ0n) is 9.39. The van der Waals surface area contributed by atoms with Crippen LogP contribution in [0.2, 0.25) is 0 Å². The Morgan fingerprint density at radius 2 is 2.19 bits per heavy atom. The van der Waals surface area contributed by atoms with Gasteiger partial charge in [0.05, 0.1) is 23.5 Å². The van der Waals surface area contributed by atoms with Crippen molar-refractivity contribution in [1.82, 2.24) is 0 Å². The van der Waals surface area contributed by atoms with Crippen LogP contribution in [0.1, 0.15) is 32.6 Å². The first-order chi connectivity index (χ1) is 7.42. The lowest BCUT2D eigenvalue weighted by Gasteiger charge is -2.23. The fourth-order valence-corrected chi connectivity index (χ4v) is 3.24. The van der Waals surface area contributed by atoms with Gasteiger partial charge in [-0.3, -0.25) is 4.79 Å². The number of sulfone groups is 1. The standard InChI is InChI=1S/C10H18O5S/c1-8(6-10(11)12)16(13,14)7-9-4-2-3-5-15-9/h8-9H,2-7H2,1H3,(H,11,12). The van der Waals surface area contributed by atoms with Crippen LogP contribution in [0.15, 0.2) is 0 Å². The molecule has 1 aliphatic rings. The van der Waals surface area contributed by atoms with Crippen LogP contribution < -0.4 is 0 Å². The summed E-state index contributed by atoms with van der Waals surface area (Å²) in [4.78, 5) is 10.5. The Morgan fingerprint density at radius 3 is 2.69 bits per heavy atom. The molecule has 1 saturated heterocycles. The Balaban J connectivity index is 2.52. The number of carbonyl (C=O) groups is 1. The molecule has 16 heavy (non-hydrogen) atoms. The molecule has 0 amide bonds. The molecule has 1 rings (SSSR count). The molecule has 5 nitrogen and oxygen atoms in total. The molecule has 2 atom stereocenters. The van der Waals surface area contributed by atoms with Crippen LogP contribution in [0.4, 0.5) is 0 Å². The van der Waals surface area contributed by atoms with Crippen molar-refractivity contribution in [2.24, 2.45) is 0 Å². The first-order valence-electron chi connectivity index (χ1n) is 5.47. The molecule has 2 unspecified atom stereocenters. The Labute approximate surface area is 95.7 Å². The van der Waals surface area contributed by atoms with Crippen molar-refractivity contribution in [3.8, 4) is 0 Å². The van der Waals surface area contributed by atoms with E-state index in [1.54, 1.807) is 0 Å². The Bertz CT molecular complexity index is 329. The summed E-state index contributed by atoms with van der Waals surface area (Å²) in [5.74, 6) is -1.14. The summed E-state index contributed by atoms with van der Waals surface area (Å²) in [6.45, 7) is 2.04. The van der Waals surface area contributed by atoms with Crippen LogP contribution in [0.5, 0.6) is 0 Å². The predicted molar refractivity (Wildman–Crippen MR) is 59.1 cm³/mol. The van der Waals surface area contributed by atoms with Gasteiger partial charge in [0.15, 0.2) is 9.84 Å². The molecule has 0 aromatic heterocycles. The highest BCUT2D eigenvalue weighted by molar-refractivity contribution is 7.92. The number of carboxylic acids is 1. The van der Waals surface area contributed by atoms with Crippen LogP contribution >= 0.6 is 0 Å². The van der Waals surface area contributed by atoms with Crippen molar-refractivity contribution in [2.45, 2.75) is 44.0 Å². The molecule has 0 radical (unpaired) electrons. The molecular weight excluding hydrogens is 232 g/mol. The first kappa shape index (κ1) is 13.4. The second kappa shape index (κ2) is 5.63. The third-order valence-electron chi connectivity index (χ3n) is 2.77. The predicted octanol–water partition coefficient (Wildman–Crippen LogP) is 0.833. The highest BCUT2D eigenvalue weighted by Crippen LogP contribution is 2.17. The number of ether oxygens (including phenoxy) is 1. The van der Waals surface area contributed by atoms with E-state index in [2.05, 4.69) is 0 Å². The van der Waals surface area contributed by atoms with Crippen LogP contribution in [0.3, 0.4) is 0 Å². The molecule has 1 aliphatic heterocycles. The summed E-state index contributed by atoms with van der Waals surface area (Å²) < 4.78 is 28.9. The molecule has 0 aromatic rings. The Hall–Kier alpha value is -0.620. The smallest absolute Gasteiger partial charge is 0.304 e. The zero-order valence-corrected chi connectivity index (χ0v) is 10.2. The summed E-state index contributed by atoms with van der Waals surface area (Å²) >= 11 is 0. The van der Waals surface area contributed by atoms with Crippen LogP contribution in [-0.4, -0.2) is 43.2 Å². The van der Waals surface area contributed by atoms with Gasteiger partial charge in [-0.25, -0.2) is 8.42 Å². The molecule has 1 heterocycles. The fourth-order valence-electron chi connectivity index (χ4n) is 1.74. The van der Waals surface area contributed by atoms with Crippen molar-refractivity contribution in [3.05, 3.63) is 0 Å². The van der Waals surface area contributed by atoms with Crippen molar-refractivity contribution < 1.29 is 23.1 Å². The van der Waals surface area contributed by atoms with Crippen molar-refractivity contribution in [1.29, 1.82) is 0 Å². The SMILES string of the molecule is CC(CC(=O)O)S(=O)(=O)CC1CCCCO1. The average Bonchev–Trinajstić information content (AvgIpc) is 2.17. The molecular formula is C10H18O5S. The van der Waals surface area contributed by atoms with E-state index in [1.807, 2.05) is 0 Å². The van der Waals surface area contributed by atoms with E-state index in [4.69, 9.17) is 9.84 Å². The van der Waals surface area contributed by atoms with Crippen molar-refractivity contribution in [3.63, 3.8) is 0 Å². The average molecular weight is 250 g/mol. The quantitative estimate of drug-likeness (QED) is 0.781. The minimum Gasteiger partial charge on any atom is -0.481 e. The number of carboxylic acid groups (broad SMARTS) is 1. The largest absolute Gasteiger partial charge is 0.481 e. The third kappa shape index (κ3) is 4.09. The summed E-state index contributed by atoms with van der Waals surface area (Å²) in [6, 6.07) is 0.